The Kier molecular flexibility index (Phi) is 6.35. The van der Waals surface area contributed by atoms with Crippen LogP contribution in [-0.4, -0.2) is 25.6 Å². The van der Waals surface area contributed by atoms with Crippen LogP contribution in [0.5, 0.6) is 5.75 Å². The van der Waals surface area contributed by atoms with Crippen LogP contribution in [0.3, 0.4) is 0 Å². The Balaban J connectivity index is 1.42. The number of fused-ring (bicyclic) bond motifs is 1. The van der Waals surface area contributed by atoms with Crippen molar-refractivity contribution in [1.82, 2.24) is 5.16 Å². The normalized spacial score (nSPS) is 12.3. The van der Waals surface area contributed by atoms with Crippen molar-refractivity contribution in [3.8, 4) is 5.75 Å². The van der Waals surface area contributed by atoms with E-state index in [-0.39, 0.29) is 10.8 Å². The molecule has 0 unspecified atom stereocenters. The lowest BCUT2D eigenvalue weighted by Gasteiger charge is -2.15. The fourth-order valence-electron chi connectivity index (χ4n) is 3.29. The van der Waals surface area contributed by atoms with Crippen LogP contribution in [0.15, 0.2) is 67.2 Å². The molecule has 0 aliphatic rings. The van der Waals surface area contributed by atoms with Gasteiger partial charge in [-0.2, -0.15) is 0 Å². The average Bonchev–Trinajstić information content (AvgIpc) is 3.10. The number of hydrogen-bond acceptors (Lipinski definition) is 8. The molecule has 2 heterocycles. The molecule has 2 aromatic carbocycles. The van der Waals surface area contributed by atoms with Crippen LogP contribution in [0.4, 0.5) is 11.6 Å². The van der Waals surface area contributed by atoms with E-state index in [9.17, 15) is 18.0 Å². The fourth-order valence-corrected chi connectivity index (χ4v) is 4.34. The SMILES string of the molecule is Cc1noc(NS(=O)(=O)c2ccc(NC(=O)[C@H](C)Oc3ccc4c(C)cc(=O)oc4c3)cc2)c1C. The summed E-state index contributed by atoms with van der Waals surface area (Å²) in [6.45, 7) is 6.77. The van der Waals surface area contributed by atoms with Gasteiger partial charge in [0.05, 0.1) is 10.6 Å². The summed E-state index contributed by atoms with van der Waals surface area (Å²) in [5, 5.41) is 7.18. The second-order valence-corrected chi connectivity index (χ2v) is 9.69. The molecule has 0 spiro atoms. The van der Waals surface area contributed by atoms with Gasteiger partial charge < -0.3 is 19.0 Å². The van der Waals surface area contributed by atoms with Crippen LogP contribution in [0.1, 0.15) is 23.7 Å². The van der Waals surface area contributed by atoms with Crippen LogP contribution in [0.2, 0.25) is 0 Å². The fraction of sp³-hybridized carbons (Fsp3) is 0.208. The highest BCUT2D eigenvalue weighted by Gasteiger charge is 2.20. The van der Waals surface area contributed by atoms with Crippen LogP contribution in [0, 0.1) is 20.8 Å². The Bertz CT molecular complexity index is 1570. The third-order valence-corrected chi connectivity index (χ3v) is 6.77. The lowest BCUT2D eigenvalue weighted by atomic mass is 10.1. The van der Waals surface area contributed by atoms with Gasteiger partial charge >= 0.3 is 5.63 Å². The molecule has 2 N–H and O–H groups in total. The number of amides is 1. The lowest BCUT2D eigenvalue weighted by Crippen LogP contribution is -2.30. The van der Waals surface area contributed by atoms with Crippen LogP contribution in [0.25, 0.3) is 11.0 Å². The molecule has 182 valence electrons. The van der Waals surface area contributed by atoms with E-state index in [1.54, 1.807) is 45.9 Å². The summed E-state index contributed by atoms with van der Waals surface area (Å²) < 4.78 is 43.5. The van der Waals surface area contributed by atoms with Gasteiger partial charge in [0.25, 0.3) is 15.9 Å². The average molecular weight is 498 g/mol. The highest BCUT2D eigenvalue weighted by molar-refractivity contribution is 7.92. The molecule has 0 aliphatic carbocycles. The Morgan fingerprint density at radius 1 is 1.06 bits per heavy atom. The monoisotopic (exact) mass is 497 g/mol. The van der Waals surface area contributed by atoms with Crippen molar-refractivity contribution < 1.29 is 26.9 Å². The number of aromatic nitrogens is 1. The minimum Gasteiger partial charge on any atom is -0.481 e. The number of aryl methyl sites for hydroxylation is 2. The van der Waals surface area contributed by atoms with E-state index >= 15 is 0 Å². The number of anilines is 2. The molecule has 4 aromatic rings. The zero-order valence-corrected chi connectivity index (χ0v) is 20.2. The van der Waals surface area contributed by atoms with Gasteiger partial charge in [-0.1, -0.05) is 5.16 Å². The Labute approximate surface area is 200 Å². The third kappa shape index (κ3) is 5.19. The Morgan fingerprint density at radius 2 is 1.77 bits per heavy atom. The number of sulfonamides is 1. The molecule has 0 fully saturated rings. The molecule has 1 amide bonds. The topological polar surface area (TPSA) is 141 Å². The number of benzene rings is 2. The summed E-state index contributed by atoms with van der Waals surface area (Å²) in [6, 6.07) is 12.0. The number of carbonyl (C=O) groups excluding carboxylic acids is 1. The Morgan fingerprint density at radius 3 is 2.43 bits per heavy atom. The second-order valence-electron chi connectivity index (χ2n) is 8.01. The largest absolute Gasteiger partial charge is 0.481 e. The summed E-state index contributed by atoms with van der Waals surface area (Å²) in [5.41, 5.74) is 2.23. The highest BCUT2D eigenvalue weighted by Crippen LogP contribution is 2.24. The first kappa shape index (κ1) is 24.0. The van der Waals surface area contributed by atoms with Crippen molar-refractivity contribution in [3.05, 3.63) is 75.8 Å². The molecule has 0 radical (unpaired) electrons. The van der Waals surface area contributed by atoms with E-state index in [0.29, 0.717) is 28.3 Å². The molecule has 0 bridgehead atoms. The molecule has 0 aliphatic heterocycles. The van der Waals surface area contributed by atoms with Crippen molar-refractivity contribution in [1.29, 1.82) is 0 Å². The lowest BCUT2D eigenvalue weighted by molar-refractivity contribution is -0.122. The molecule has 4 rings (SSSR count). The molecule has 0 saturated heterocycles. The quantitative estimate of drug-likeness (QED) is 0.366. The van der Waals surface area contributed by atoms with E-state index < -0.39 is 27.7 Å². The first-order chi connectivity index (χ1) is 16.5. The van der Waals surface area contributed by atoms with Gasteiger partial charge in [-0.05, 0) is 69.7 Å². The molecule has 11 heteroatoms. The van der Waals surface area contributed by atoms with E-state index in [4.69, 9.17) is 13.7 Å². The molecule has 0 saturated carbocycles. The number of carbonyl (C=O) groups is 1. The maximum atomic E-state index is 12.6. The highest BCUT2D eigenvalue weighted by atomic mass is 32.2. The first-order valence-electron chi connectivity index (χ1n) is 10.6. The first-order valence-corrected chi connectivity index (χ1v) is 12.1. The molecular formula is C24H23N3O7S. The van der Waals surface area contributed by atoms with Crippen molar-refractivity contribution in [2.75, 3.05) is 10.0 Å². The molecule has 10 nitrogen and oxygen atoms in total. The van der Waals surface area contributed by atoms with E-state index in [0.717, 1.165) is 10.9 Å². The zero-order chi connectivity index (χ0) is 25.3. The van der Waals surface area contributed by atoms with E-state index in [1.807, 2.05) is 0 Å². The van der Waals surface area contributed by atoms with Gasteiger partial charge in [0.1, 0.15) is 11.3 Å². The third-order valence-electron chi connectivity index (χ3n) is 5.42. The number of nitrogens with one attached hydrogen (secondary N) is 2. The summed E-state index contributed by atoms with van der Waals surface area (Å²) in [4.78, 5) is 24.2. The van der Waals surface area contributed by atoms with Crippen LogP contribution in [-0.2, 0) is 14.8 Å². The van der Waals surface area contributed by atoms with E-state index in [1.165, 1.54) is 30.3 Å². The predicted octanol–water partition coefficient (Wildman–Crippen LogP) is 3.91. The minimum atomic E-state index is -3.90. The van der Waals surface area contributed by atoms with Gasteiger partial charge in [0.2, 0.25) is 5.88 Å². The number of hydrogen-bond donors (Lipinski definition) is 2. The maximum Gasteiger partial charge on any atom is 0.336 e. The summed E-state index contributed by atoms with van der Waals surface area (Å²) in [7, 11) is -3.90. The standard InChI is InChI=1S/C24H23N3O7S/c1-13-11-22(28)33-21-12-18(7-10-20(13)21)32-16(4)23(29)25-17-5-8-19(9-6-17)35(30,31)27-24-14(2)15(3)26-34-24/h5-12,16,27H,1-4H3,(H,25,29)/t16-/m0/s1. The number of nitrogens with zero attached hydrogens (tertiary/aromatic N) is 1. The summed E-state index contributed by atoms with van der Waals surface area (Å²) in [5.74, 6) is -0.0365. The zero-order valence-electron chi connectivity index (χ0n) is 19.4. The van der Waals surface area contributed by atoms with E-state index in [2.05, 4.69) is 15.2 Å². The van der Waals surface area contributed by atoms with Crippen LogP contribution < -0.4 is 20.4 Å². The number of ether oxygens (including phenoxy) is 1. The summed E-state index contributed by atoms with van der Waals surface area (Å²) in [6.07, 6.45) is -0.883. The van der Waals surface area contributed by atoms with Crippen molar-refractivity contribution in [2.45, 2.75) is 38.7 Å². The molecule has 35 heavy (non-hydrogen) atoms. The number of rotatable bonds is 7. The van der Waals surface area contributed by atoms with Gasteiger partial charge in [0, 0.05) is 28.8 Å². The maximum absolute atomic E-state index is 12.6. The van der Waals surface area contributed by atoms with Gasteiger partial charge in [0.15, 0.2) is 6.10 Å². The van der Waals surface area contributed by atoms with Gasteiger partial charge in [-0.15, -0.1) is 0 Å². The van der Waals surface area contributed by atoms with Crippen molar-refractivity contribution in [2.24, 2.45) is 0 Å². The van der Waals surface area contributed by atoms with Crippen LogP contribution >= 0.6 is 0 Å². The minimum absolute atomic E-state index is 0.0128. The molecular weight excluding hydrogens is 474 g/mol. The second kappa shape index (κ2) is 9.26. The molecule has 2 aromatic heterocycles. The predicted molar refractivity (Wildman–Crippen MR) is 129 cm³/mol. The van der Waals surface area contributed by atoms with Crippen molar-refractivity contribution >= 4 is 38.5 Å². The Hall–Kier alpha value is -4.12. The summed E-state index contributed by atoms with van der Waals surface area (Å²) >= 11 is 0. The van der Waals surface area contributed by atoms with Crippen molar-refractivity contribution in [3.63, 3.8) is 0 Å². The van der Waals surface area contributed by atoms with Gasteiger partial charge in [-0.25, -0.2) is 17.9 Å². The molecule has 1 atom stereocenters. The smallest absolute Gasteiger partial charge is 0.336 e. The van der Waals surface area contributed by atoms with Gasteiger partial charge in [-0.3, -0.25) is 4.79 Å².